The maximum atomic E-state index is 14.4. The summed E-state index contributed by atoms with van der Waals surface area (Å²) in [5.74, 6) is -7.09. The highest BCUT2D eigenvalue weighted by Gasteiger charge is 2.45. The Labute approximate surface area is 229 Å². The number of nitrogens with one attached hydrogen (secondary N) is 2. The number of fused-ring (bicyclic) bond motifs is 1. The first-order chi connectivity index (χ1) is 19.5. The van der Waals surface area contributed by atoms with E-state index in [-0.39, 0.29) is 54.5 Å². The van der Waals surface area contributed by atoms with Crippen molar-refractivity contribution >= 4 is 17.6 Å². The molecule has 6 rings (SSSR count). The molecule has 3 aromatic rings. The molecule has 3 fully saturated rings. The van der Waals surface area contributed by atoms with E-state index in [9.17, 15) is 31.5 Å². The summed E-state index contributed by atoms with van der Waals surface area (Å²) < 4.78 is 74.6. The van der Waals surface area contributed by atoms with Crippen molar-refractivity contribution in [2.75, 3.05) is 6.54 Å². The van der Waals surface area contributed by atoms with Gasteiger partial charge in [-0.2, -0.15) is 18.3 Å². The van der Waals surface area contributed by atoms with E-state index in [4.69, 9.17) is 4.63 Å². The lowest BCUT2D eigenvalue weighted by atomic mass is 9.80. The summed E-state index contributed by atoms with van der Waals surface area (Å²) >= 11 is 0. The Bertz CT molecular complexity index is 1450. The number of alkyl halides is 5. The molecule has 11 nitrogen and oxygen atoms in total. The number of halogens is 5. The molecule has 0 bridgehead atoms. The van der Waals surface area contributed by atoms with Crippen molar-refractivity contribution in [3.63, 3.8) is 0 Å². The fourth-order valence-electron chi connectivity index (χ4n) is 5.78. The third-order valence-corrected chi connectivity index (χ3v) is 8.08. The van der Waals surface area contributed by atoms with Crippen molar-refractivity contribution < 1.29 is 36.2 Å². The summed E-state index contributed by atoms with van der Waals surface area (Å²) in [6, 6.07) is -0.930. The topological polar surface area (TPSA) is 140 Å². The van der Waals surface area contributed by atoms with Gasteiger partial charge >= 0.3 is 6.18 Å². The molecule has 4 atom stereocenters. The second-order valence-electron chi connectivity index (χ2n) is 11.2. The van der Waals surface area contributed by atoms with Gasteiger partial charge in [0.1, 0.15) is 5.69 Å². The van der Waals surface area contributed by atoms with Crippen LogP contribution in [0.2, 0.25) is 0 Å². The fraction of sp³-hybridized carbons (Fsp3) is 0.640. The minimum atomic E-state index is -4.43. The highest BCUT2D eigenvalue weighted by molar-refractivity contribution is 5.93. The number of rotatable bonds is 7. The molecule has 3 aromatic heterocycles. The van der Waals surface area contributed by atoms with Crippen LogP contribution in [0, 0.1) is 17.8 Å². The molecule has 4 heterocycles. The molecule has 2 aliphatic carbocycles. The maximum absolute atomic E-state index is 14.4. The largest absolute Gasteiger partial charge is 0.393 e. The number of carbonyl (C=O) groups is 2. The van der Waals surface area contributed by atoms with Crippen LogP contribution in [0.15, 0.2) is 17.0 Å². The van der Waals surface area contributed by atoms with Gasteiger partial charge in [-0.15, -0.1) is 0 Å². The molecule has 3 aliphatic rings. The van der Waals surface area contributed by atoms with Crippen molar-refractivity contribution in [1.82, 2.24) is 40.5 Å². The number of hydrogen-bond acceptors (Lipinski definition) is 8. The van der Waals surface area contributed by atoms with Crippen LogP contribution >= 0.6 is 0 Å². The molecule has 2 amide bonds. The highest BCUT2D eigenvalue weighted by Crippen LogP contribution is 2.43. The summed E-state index contributed by atoms with van der Waals surface area (Å²) in [5.41, 5.74) is 0.940. The normalized spacial score (nSPS) is 25.6. The van der Waals surface area contributed by atoms with Crippen LogP contribution in [0.3, 0.4) is 0 Å². The Balaban J connectivity index is 1.26. The lowest BCUT2D eigenvalue weighted by Gasteiger charge is -2.33. The molecule has 220 valence electrons. The van der Waals surface area contributed by atoms with E-state index in [1.807, 2.05) is 0 Å². The van der Waals surface area contributed by atoms with Crippen LogP contribution in [0.4, 0.5) is 22.0 Å². The van der Waals surface area contributed by atoms with Crippen molar-refractivity contribution in [2.45, 2.75) is 75.4 Å². The van der Waals surface area contributed by atoms with E-state index in [0.717, 1.165) is 12.8 Å². The molecule has 41 heavy (non-hydrogen) atoms. The summed E-state index contributed by atoms with van der Waals surface area (Å²) in [5, 5.41) is 17.1. The molecule has 0 spiro atoms. The van der Waals surface area contributed by atoms with E-state index < -0.39 is 60.7 Å². The van der Waals surface area contributed by atoms with Gasteiger partial charge in [0, 0.05) is 37.6 Å². The Morgan fingerprint density at radius 1 is 1.24 bits per heavy atom. The van der Waals surface area contributed by atoms with Crippen molar-refractivity contribution in [1.29, 1.82) is 0 Å². The molecule has 0 aromatic carbocycles. The van der Waals surface area contributed by atoms with Gasteiger partial charge in [-0.1, -0.05) is 5.16 Å². The number of carbonyl (C=O) groups excluding carboxylic acids is 2. The molecule has 2 saturated carbocycles. The van der Waals surface area contributed by atoms with Crippen LogP contribution in [0.1, 0.15) is 84.5 Å². The zero-order valence-corrected chi connectivity index (χ0v) is 21.7. The zero-order valence-electron chi connectivity index (χ0n) is 21.7. The fourth-order valence-corrected chi connectivity index (χ4v) is 5.78. The lowest BCUT2D eigenvalue weighted by Crippen LogP contribution is -2.47. The van der Waals surface area contributed by atoms with Gasteiger partial charge in [0.05, 0.1) is 35.7 Å². The summed E-state index contributed by atoms with van der Waals surface area (Å²) in [6.45, 7) is -0.464. The summed E-state index contributed by atoms with van der Waals surface area (Å²) in [6.07, 6.45) is -0.432. The van der Waals surface area contributed by atoms with Gasteiger partial charge in [-0.05, 0) is 43.2 Å². The van der Waals surface area contributed by atoms with Crippen molar-refractivity contribution in [3.05, 3.63) is 35.2 Å². The van der Waals surface area contributed by atoms with Crippen molar-refractivity contribution in [3.8, 4) is 0 Å². The monoisotopic (exact) mass is 582 g/mol. The average molecular weight is 583 g/mol. The zero-order chi connectivity index (χ0) is 28.9. The van der Waals surface area contributed by atoms with E-state index in [0.29, 0.717) is 12.1 Å². The Hall–Kier alpha value is -3.72. The Morgan fingerprint density at radius 3 is 2.78 bits per heavy atom. The van der Waals surface area contributed by atoms with Gasteiger partial charge in [0.25, 0.3) is 11.7 Å². The van der Waals surface area contributed by atoms with E-state index >= 15 is 0 Å². The van der Waals surface area contributed by atoms with E-state index in [2.05, 4.69) is 36.0 Å². The standard InChI is InChI=1S/C25H27F5N8O3/c26-24(27)5-1-2-13(8-24)18(34-22(40)20-19(12-3-4-12)36-41-37-20)17-11-38-23(33-17)32-10-16(35-38)7-14-6-15(25(28,29)30)9-31-21(14)39/h10-15,18H,1-9H2,(H,31,39)(H,34,40)/t13-,14+,15+,18-/m0/s1. The Morgan fingerprint density at radius 2 is 2.05 bits per heavy atom. The minimum Gasteiger partial charge on any atom is -0.355 e. The van der Waals surface area contributed by atoms with Crippen LogP contribution in [0.5, 0.6) is 0 Å². The van der Waals surface area contributed by atoms with E-state index in [1.54, 1.807) is 0 Å². The van der Waals surface area contributed by atoms with Crippen molar-refractivity contribution in [2.24, 2.45) is 17.8 Å². The predicted molar refractivity (Wildman–Crippen MR) is 129 cm³/mol. The third kappa shape index (κ3) is 5.86. The van der Waals surface area contributed by atoms with Gasteiger partial charge < -0.3 is 10.6 Å². The van der Waals surface area contributed by atoms with E-state index in [1.165, 1.54) is 16.9 Å². The molecule has 1 aliphatic heterocycles. The first kappa shape index (κ1) is 27.4. The van der Waals surface area contributed by atoms with Crippen LogP contribution < -0.4 is 10.6 Å². The molecular weight excluding hydrogens is 555 g/mol. The van der Waals surface area contributed by atoms with Crippen LogP contribution in [0.25, 0.3) is 5.78 Å². The molecule has 1 saturated heterocycles. The molecule has 16 heteroatoms. The SMILES string of the molecule is O=C(N[C@H](c1cn2nc(C[C@H]3C[C@@H](C(F)(F)F)CNC3=O)cnc2n1)[C@H]1CCCC(F)(F)C1)c1nonc1C1CC1. The van der Waals surface area contributed by atoms with Gasteiger partial charge in [0.2, 0.25) is 11.8 Å². The molecule has 0 unspecified atom stereocenters. The van der Waals surface area contributed by atoms with Gasteiger partial charge in [-0.25, -0.2) is 27.9 Å². The first-order valence-corrected chi connectivity index (χ1v) is 13.5. The molecule has 2 N–H and O–H groups in total. The summed E-state index contributed by atoms with van der Waals surface area (Å²) in [4.78, 5) is 34.1. The second kappa shape index (κ2) is 10.3. The number of piperidine rings is 1. The smallest absolute Gasteiger partial charge is 0.355 e. The molecular formula is C25H27F5N8O3. The van der Waals surface area contributed by atoms with Crippen LogP contribution in [-0.2, 0) is 11.2 Å². The summed E-state index contributed by atoms with van der Waals surface area (Å²) in [7, 11) is 0. The number of aromatic nitrogens is 6. The predicted octanol–water partition coefficient (Wildman–Crippen LogP) is 3.54. The number of hydrogen-bond donors (Lipinski definition) is 2. The first-order valence-electron chi connectivity index (χ1n) is 13.5. The molecule has 0 radical (unpaired) electrons. The number of imidazole rings is 1. The minimum absolute atomic E-state index is 0.00490. The quantitative estimate of drug-likeness (QED) is 0.403. The maximum Gasteiger partial charge on any atom is 0.393 e. The van der Waals surface area contributed by atoms with Crippen LogP contribution in [-0.4, -0.2) is 60.4 Å². The average Bonchev–Trinajstić information content (AvgIpc) is 3.47. The number of amides is 2. The second-order valence-corrected chi connectivity index (χ2v) is 11.2. The lowest BCUT2D eigenvalue weighted by molar-refractivity contribution is -0.183. The van der Waals surface area contributed by atoms with Gasteiger partial charge in [0.15, 0.2) is 5.69 Å². The van der Waals surface area contributed by atoms with Gasteiger partial charge in [-0.3, -0.25) is 9.59 Å². The highest BCUT2D eigenvalue weighted by atomic mass is 19.4. The number of nitrogens with zero attached hydrogens (tertiary/aromatic N) is 6. The Kier molecular flexibility index (Phi) is 6.88. The third-order valence-electron chi connectivity index (χ3n) is 8.08.